The molecule has 1 aromatic carbocycles. The lowest BCUT2D eigenvalue weighted by Gasteiger charge is -2.14. The molecule has 122 valence electrons. The molecule has 0 spiro atoms. The van der Waals surface area contributed by atoms with E-state index in [2.05, 4.69) is 41.7 Å². The van der Waals surface area contributed by atoms with Gasteiger partial charge in [0.05, 0.1) is 0 Å². The van der Waals surface area contributed by atoms with Crippen LogP contribution in [0.5, 0.6) is 0 Å². The third-order valence-electron chi connectivity index (χ3n) is 3.14. The Hall–Kier alpha value is -2.04. The highest BCUT2D eigenvalue weighted by atomic mass is 16.1. The monoisotopic (exact) mass is 304 g/mol. The van der Waals surface area contributed by atoms with E-state index in [1.54, 1.807) is 7.05 Å². The van der Waals surface area contributed by atoms with Gasteiger partial charge in [-0.3, -0.25) is 9.79 Å². The maximum Gasteiger partial charge on any atom is 0.251 e. The van der Waals surface area contributed by atoms with E-state index >= 15 is 0 Å². The lowest BCUT2D eigenvalue weighted by Crippen LogP contribution is -2.40. The molecule has 0 aliphatic carbocycles. The molecule has 1 rings (SSSR count). The van der Waals surface area contributed by atoms with Gasteiger partial charge < -0.3 is 16.0 Å². The summed E-state index contributed by atoms with van der Waals surface area (Å²) in [5.41, 5.74) is 1.81. The summed E-state index contributed by atoms with van der Waals surface area (Å²) < 4.78 is 0. The van der Waals surface area contributed by atoms with Gasteiger partial charge >= 0.3 is 0 Å². The first-order chi connectivity index (χ1) is 10.6. The van der Waals surface area contributed by atoms with E-state index in [1.807, 2.05) is 24.3 Å². The van der Waals surface area contributed by atoms with Crippen LogP contribution in [0.3, 0.4) is 0 Å². The van der Waals surface area contributed by atoms with Crippen LogP contribution in [0.1, 0.15) is 49.5 Å². The first kappa shape index (κ1) is 18.0. The number of carbonyl (C=O) groups excluding carboxylic acids is 1. The molecular weight excluding hydrogens is 276 g/mol. The lowest BCUT2D eigenvalue weighted by atomic mass is 10.1. The summed E-state index contributed by atoms with van der Waals surface area (Å²) in [6, 6.07) is 7.98. The first-order valence-electron chi connectivity index (χ1n) is 7.91. The molecule has 0 unspecified atom stereocenters. The molecule has 0 radical (unpaired) electrons. The topological polar surface area (TPSA) is 65.5 Å². The molecule has 1 amide bonds. The molecule has 0 saturated carbocycles. The second kappa shape index (κ2) is 9.82. The highest BCUT2D eigenvalue weighted by Crippen LogP contribution is 2.04. The van der Waals surface area contributed by atoms with Gasteiger partial charge in [-0.2, -0.15) is 0 Å². The van der Waals surface area contributed by atoms with Crippen molar-refractivity contribution in [1.82, 2.24) is 16.0 Å². The number of aliphatic imine (C=N–C) groups is 1. The van der Waals surface area contributed by atoms with Crippen LogP contribution < -0.4 is 16.0 Å². The van der Waals surface area contributed by atoms with Gasteiger partial charge in [0.25, 0.3) is 5.91 Å². The van der Waals surface area contributed by atoms with Crippen molar-refractivity contribution in [3.05, 3.63) is 35.4 Å². The van der Waals surface area contributed by atoms with Gasteiger partial charge in [0.1, 0.15) is 0 Å². The number of hydrogen-bond acceptors (Lipinski definition) is 2. The van der Waals surface area contributed by atoms with Crippen molar-refractivity contribution < 1.29 is 4.79 Å². The molecule has 0 heterocycles. The number of carbonyl (C=O) groups is 1. The Balaban J connectivity index is 2.49. The molecule has 5 nitrogen and oxygen atoms in total. The van der Waals surface area contributed by atoms with Crippen molar-refractivity contribution in [3.8, 4) is 0 Å². The van der Waals surface area contributed by atoms with Crippen molar-refractivity contribution >= 4 is 11.9 Å². The number of unbranched alkanes of at least 4 members (excludes halogenated alkanes) is 1. The summed E-state index contributed by atoms with van der Waals surface area (Å²) in [7, 11) is 1.75. The second-order valence-electron chi connectivity index (χ2n) is 5.53. The van der Waals surface area contributed by atoms with E-state index in [4.69, 9.17) is 0 Å². The van der Waals surface area contributed by atoms with Crippen LogP contribution in [0.4, 0.5) is 0 Å². The molecule has 5 heteroatoms. The van der Waals surface area contributed by atoms with Crippen LogP contribution in [0.25, 0.3) is 0 Å². The number of rotatable bonds is 7. The Morgan fingerprint density at radius 1 is 1.18 bits per heavy atom. The highest BCUT2D eigenvalue weighted by Gasteiger charge is 2.05. The van der Waals surface area contributed by atoms with E-state index < -0.39 is 0 Å². The Morgan fingerprint density at radius 2 is 1.86 bits per heavy atom. The van der Waals surface area contributed by atoms with Crippen LogP contribution in [-0.4, -0.2) is 31.5 Å². The zero-order valence-corrected chi connectivity index (χ0v) is 14.1. The SMILES string of the molecule is CCCCNC(=O)c1ccc(CNC(=NC)NC(C)C)cc1. The maximum absolute atomic E-state index is 11.9. The van der Waals surface area contributed by atoms with Crippen molar-refractivity contribution in [2.24, 2.45) is 4.99 Å². The minimum absolute atomic E-state index is 0.00903. The van der Waals surface area contributed by atoms with Gasteiger partial charge in [-0.1, -0.05) is 25.5 Å². The zero-order valence-electron chi connectivity index (χ0n) is 14.1. The highest BCUT2D eigenvalue weighted by molar-refractivity contribution is 5.94. The smallest absolute Gasteiger partial charge is 0.251 e. The van der Waals surface area contributed by atoms with E-state index in [1.165, 1.54) is 0 Å². The van der Waals surface area contributed by atoms with Crippen LogP contribution >= 0.6 is 0 Å². The van der Waals surface area contributed by atoms with Crippen molar-refractivity contribution in [1.29, 1.82) is 0 Å². The van der Waals surface area contributed by atoms with Gasteiger partial charge in [-0.15, -0.1) is 0 Å². The van der Waals surface area contributed by atoms with Crippen molar-refractivity contribution in [2.75, 3.05) is 13.6 Å². The average Bonchev–Trinajstić information content (AvgIpc) is 2.51. The molecule has 0 saturated heterocycles. The number of nitrogens with zero attached hydrogens (tertiary/aromatic N) is 1. The number of amides is 1. The van der Waals surface area contributed by atoms with Crippen LogP contribution in [-0.2, 0) is 6.54 Å². The van der Waals surface area contributed by atoms with E-state index in [-0.39, 0.29) is 5.91 Å². The van der Waals surface area contributed by atoms with Gasteiger partial charge in [0.2, 0.25) is 0 Å². The normalized spacial score (nSPS) is 11.4. The predicted octanol–water partition coefficient (Wildman–Crippen LogP) is 2.29. The third kappa shape index (κ3) is 6.61. The summed E-state index contributed by atoms with van der Waals surface area (Å²) in [6.07, 6.45) is 2.09. The lowest BCUT2D eigenvalue weighted by molar-refractivity contribution is 0.0953. The van der Waals surface area contributed by atoms with Crippen molar-refractivity contribution in [2.45, 2.75) is 46.2 Å². The fourth-order valence-corrected chi connectivity index (χ4v) is 1.91. The number of hydrogen-bond donors (Lipinski definition) is 3. The summed E-state index contributed by atoms with van der Waals surface area (Å²) in [5.74, 6) is 0.765. The summed E-state index contributed by atoms with van der Waals surface area (Å²) >= 11 is 0. The van der Waals surface area contributed by atoms with Crippen LogP contribution in [0.15, 0.2) is 29.3 Å². The fraction of sp³-hybridized carbons (Fsp3) is 0.529. The third-order valence-corrected chi connectivity index (χ3v) is 3.14. The second-order valence-corrected chi connectivity index (χ2v) is 5.53. The zero-order chi connectivity index (χ0) is 16.4. The predicted molar refractivity (Wildman–Crippen MR) is 92.2 cm³/mol. The average molecular weight is 304 g/mol. The van der Waals surface area contributed by atoms with Crippen LogP contribution in [0.2, 0.25) is 0 Å². The minimum Gasteiger partial charge on any atom is -0.354 e. The number of benzene rings is 1. The van der Waals surface area contributed by atoms with Gasteiger partial charge in [-0.25, -0.2) is 0 Å². The molecule has 22 heavy (non-hydrogen) atoms. The molecule has 0 aromatic heterocycles. The Kier molecular flexibility index (Phi) is 8.04. The largest absolute Gasteiger partial charge is 0.354 e. The summed E-state index contributed by atoms with van der Waals surface area (Å²) in [4.78, 5) is 16.1. The summed E-state index contributed by atoms with van der Waals surface area (Å²) in [6.45, 7) is 7.65. The summed E-state index contributed by atoms with van der Waals surface area (Å²) in [5, 5.41) is 9.40. The standard InChI is InChI=1S/C17H28N4O/c1-5-6-11-19-16(22)15-9-7-14(8-10-15)12-20-17(18-4)21-13(2)3/h7-10,13H,5-6,11-12H2,1-4H3,(H,19,22)(H2,18,20,21). The quantitative estimate of drug-likeness (QED) is 0.411. The molecule has 0 aliphatic heterocycles. The Morgan fingerprint density at radius 3 is 2.41 bits per heavy atom. The van der Waals surface area contributed by atoms with E-state index in [0.29, 0.717) is 18.2 Å². The van der Waals surface area contributed by atoms with Gasteiger partial charge in [-0.05, 0) is 38.0 Å². The number of guanidine groups is 1. The van der Waals surface area contributed by atoms with Crippen LogP contribution in [0, 0.1) is 0 Å². The Labute approximate surface area is 133 Å². The van der Waals surface area contributed by atoms with Crippen molar-refractivity contribution in [3.63, 3.8) is 0 Å². The Bertz CT molecular complexity index is 480. The molecular formula is C17H28N4O. The molecule has 0 fully saturated rings. The minimum atomic E-state index is -0.00903. The molecule has 0 atom stereocenters. The molecule has 3 N–H and O–H groups in total. The number of nitrogens with one attached hydrogen (secondary N) is 3. The first-order valence-corrected chi connectivity index (χ1v) is 7.91. The maximum atomic E-state index is 11.9. The molecule has 1 aromatic rings. The van der Waals surface area contributed by atoms with Gasteiger partial charge in [0, 0.05) is 31.7 Å². The van der Waals surface area contributed by atoms with E-state index in [0.717, 1.165) is 30.9 Å². The van der Waals surface area contributed by atoms with E-state index in [9.17, 15) is 4.79 Å². The molecule has 0 aliphatic rings. The fourth-order valence-electron chi connectivity index (χ4n) is 1.91. The van der Waals surface area contributed by atoms with Gasteiger partial charge in [0.15, 0.2) is 5.96 Å². The molecule has 0 bridgehead atoms.